The van der Waals surface area contributed by atoms with Crippen LogP contribution in [-0.4, -0.2) is 76.2 Å². The third kappa shape index (κ3) is 7.54. The Labute approximate surface area is 174 Å². The van der Waals surface area contributed by atoms with Crippen LogP contribution in [0.25, 0.3) is 0 Å². The first-order valence-electron chi connectivity index (χ1n) is 9.96. The Kier molecular flexibility index (Phi) is 9.98. The summed E-state index contributed by atoms with van der Waals surface area (Å²) in [4.78, 5) is 23.6. The number of ether oxygens (including phenoxy) is 2. The van der Waals surface area contributed by atoms with Crippen LogP contribution in [0, 0.1) is 0 Å². The van der Waals surface area contributed by atoms with Gasteiger partial charge in [0.25, 0.3) is 0 Å². The van der Waals surface area contributed by atoms with Gasteiger partial charge in [-0.15, -0.1) is 0 Å². The van der Waals surface area contributed by atoms with Gasteiger partial charge >= 0.3 is 6.09 Å². The fraction of sp³-hybridized carbons (Fsp3) is 0.600. The van der Waals surface area contributed by atoms with Crippen LogP contribution < -0.4 is 10.6 Å². The molecule has 1 aliphatic heterocycles. The van der Waals surface area contributed by atoms with Crippen molar-refractivity contribution in [2.75, 3.05) is 13.2 Å². The largest absolute Gasteiger partial charge is 0.445 e. The van der Waals surface area contributed by atoms with Gasteiger partial charge in [0, 0.05) is 13.0 Å². The van der Waals surface area contributed by atoms with Crippen molar-refractivity contribution in [3.8, 4) is 0 Å². The summed E-state index contributed by atoms with van der Waals surface area (Å²) in [5.74, 6) is -0.411. The molecule has 0 spiro atoms. The van der Waals surface area contributed by atoms with Crippen LogP contribution in [0.1, 0.15) is 31.2 Å². The molecule has 2 rings (SSSR count). The normalized spacial score (nSPS) is 26.1. The second-order valence-corrected chi connectivity index (χ2v) is 7.12. The van der Waals surface area contributed by atoms with Crippen LogP contribution in [0.5, 0.6) is 0 Å². The van der Waals surface area contributed by atoms with Gasteiger partial charge in [0.1, 0.15) is 31.0 Å². The summed E-state index contributed by atoms with van der Waals surface area (Å²) in [6, 6.07) is 8.15. The molecule has 1 aliphatic rings. The molecule has 1 heterocycles. The van der Waals surface area contributed by atoms with Gasteiger partial charge in [-0.25, -0.2) is 4.79 Å². The van der Waals surface area contributed by atoms with E-state index in [4.69, 9.17) is 14.6 Å². The number of hydrogen-bond acceptors (Lipinski definition) is 8. The van der Waals surface area contributed by atoms with Crippen molar-refractivity contribution >= 4 is 12.0 Å². The number of amides is 2. The zero-order chi connectivity index (χ0) is 21.9. The molecule has 0 aromatic heterocycles. The van der Waals surface area contributed by atoms with Gasteiger partial charge in [0.15, 0.2) is 6.29 Å². The fourth-order valence-electron chi connectivity index (χ4n) is 3.06. The topological polar surface area (TPSA) is 158 Å². The maximum atomic E-state index is 12.0. The highest BCUT2D eigenvalue weighted by Gasteiger charge is 2.44. The van der Waals surface area contributed by atoms with Crippen LogP contribution in [-0.2, 0) is 20.9 Å². The summed E-state index contributed by atoms with van der Waals surface area (Å²) in [5.41, 5.74) is 0.900. The van der Waals surface area contributed by atoms with Crippen molar-refractivity contribution in [2.45, 2.75) is 62.9 Å². The highest BCUT2D eigenvalue weighted by atomic mass is 16.6. The van der Waals surface area contributed by atoms with Crippen molar-refractivity contribution in [1.82, 2.24) is 10.6 Å². The van der Waals surface area contributed by atoms with E-state index in [1.807, 2.05) is 30.3 Å². The molecule has 1 aromatic carbocycles. The molecule has 168 valence electrons. The van der Waals surface area contributed by atoms with Gasteiger partial charge in [0.2, 0.25) is 5.91 Å². The molecule has 10 heteroatoms. The Morgan fingerprint density at radius 1 is 1.03 bits per heavy atom. The highest BCUT2D eigenvalue weighted by molar-refractivity contribution is 5.76. The molecule has 0 saturated carbocycles. The highest BCUT2D eigenvalue weighted by Crippen LogP contribution is 2.20. The zero-order valence-corrected chi connectivity index (χ0v) is 16.6. The molecule has 5 atom stereocenters. The maximum Gasteiger partial charge on any atom is 0.407 e. The summed E-state index contributed by atoms with van der Waals surface area (Å²) in [6.45, 7) is 0.0465. The summed E-state index contributed by atoms with van der Waals surface area (Å²) in [7, 11) is 0. The molecule has 0 aliphatic carbocycles. The molecule has 1 aromatic rings. The molecule has 0 bridgehead atoms. The Morgan fingerprint density at radius 3 is 2.47 bits per heavy atom. The number of carbonyl (C=O) groups is 2. The standard InChI is InChI=1S/C20H30N2O8/c23-11-14-17(25)18(26)16(19(27)30-14)22-15(24)9-5-2-6-10-21-20(28)29-12-13-7-3-1-4-8-13/h1,3-4,7-8,14,16-19,23,25-27H,2,5-6,9-12H2,(H,21,28)(H,22,24)/t14-,16+,17-,18-,19+/m1/s1. The van der Waals surface area contributed by atoms with E-state index >= 15 is 0 Å². The van der Waals surface area contributed by atoms with Crippen LogP contribution in [0.4, 0.5) is 4.79 Å². The monoisotopic (exact) mass is 426 g/mol. The van der Waals surface area contributed by atoms with Crippen molar-refractivity contribution < 1.29 is 39.5 Å². The predicted octanol–water partition coefficient (Wildman–Crippen LogP) is -0.611. The van der Waals surface area contributed by atoms with Crippen LogP contribution in [0.3, 0.4) is 0 Å². The Bertz CT molecular complexity index is 659. The van der Waals surface area contributed by atoms with Gasteiger partial charge in [-0.3, -0.25) is 4.79 Å². The lowest BCUT2D eigenvalue weighted by Gasteiger charge is -2.40. The number of hydrogen-bond donors (Lipinski definition) is 6. The number of unbranched alkanes of at least 4 members (excludes halogenated alkanes) is 2. The number of carbonyl (C=O) groups excluding carboxylic acids is 2. The van der Waals surface area contributed by atoms with E-state index in [9.17, 15) is 24.9 Å². The number of nitrogens with one attached hydrogen (secondary N) is 2. The van der Waals surface area contributed by atoms with Crippen molar-refractivity contribution in [1.29, 1.82) is 0 Å². The fourth-order valence-corrected chi connectivity index (χ4v) is 3.06. The van der Waals surface area contributed by atoms with Crippen molar-refractivity contribution in [2.24, 2.45) is 0 Å². The lowest BCUT2D eigenvalue weighted by Crippen LogP contribution is -2.64. The number of alkyl carbamates (subject to hydrolysis) is 1. The number of aliphatic hydroxyl groups excluding tert-OH is 4. The van der Waals surface area contributed by atoms with E-state index in [0.717, 1.165) is 5.56 Å². The van der Waals surface area contributed by atoms with E-state index in [1.165, 1.54) is 0 Å². The lowest BCUT2D eigenvalue weighted by molar-refractivity contribution is -0.253. The Hall–Kier alpha value is -2.24. The molecule has 0 radical (unpaired) electrons. The molecule has 6 N–H and O–H groups in total. The van der Waals surface area contributed by atoms with E-state index in [1.54, 1.807) is 0 Å². The van der Waals surface area contributed by atoms with Gasteiger partial charge in [-0.05, 0) is 18.4 Å². The first kappa shape index (κ1) is 24.0. The van der Waals surface area contributed by atoms with E-state index < -0.39 is 49.3 Å². The average molecular weight is 426 g/mol. The van der Waals surface area contributed by atoms with E-state index in [0.29, 0.717) is 25.8 Å². The minimum Gasteiger partial charge on any atom is -0.445 e. The maximum absolute atomic E-state index is 12.0. The molecule has 1 fully saturated rings. The average Bonchev–Trinajstić information content (AvgIpc) is 2.75. The summed E-state index contributed by atoms with van der Waals surface area (Å²) in [6.07, 6.45) is -4.02. The van der Waals surface area contributed by atoms with E-state index in [-0.39, 0.29) is 13.0 Å². The van der Waals surface area contributed by atoms with Gasteiger partial charge in [-0.1, -0.05) is 36.8 Å². The second kappa shape index (κ2) is 12.5. The molecule has 10 nitrogen and oxygen atoms in total. The molecular formula is C20H30N2O8. The van der Waals surface area contributed by atoms with E-state index in [2.05, 4.69) is 10.6 Å². The second-order valence-electron chi connectivity index (χ2n) is 7.12. The van der Waals surface area contributed by atoms with Crippen molar-refractivity contribution in [3.63, 3.8) is 0 Å². The molecule has 2 amide bonds. The third-order valence-corrected chi connectivity index (χ3v) is 4.79. The molecular weight excluding hydrogens is 396 g/mol. The van der Waals surface area contributed by atoms with Crippen molar-refractivity contribution in [3.05, 3.63) is 35.9 Å². The number of aliphatic hydroxyl groups is 4. The quantitative estimate of drug-likeness (QED) is 0.271. The summed E-state index contributed by atoms with van der Waals surface area (Å²) < 4.78 is 10.1. The SMILES string of the molecule is O=C(CCCCCNC(=O)OCc1ccccc1)N[C@H]1[C@@H](O)[C@H](O)[C@@H](CO)O[C@@H]1O. The van der Waals surface area contributed by atoms with Crippen LogP contribution >= 0.6 is 0 Å². The summed E-state index contributed by atoms with van der Waals surface area (Å²) in [5, 5.41) is 43.8. The summed E-state index contributed by atoms with van der Waals surface area (Å²) >= 11 is 0. The molecule has 1 saturated heterocycles. The zero-order valence-electron chi connectivity index (χ0n) is 16.6. The first-order valence-corrected chi connectivity index (χ1v) is 9.96. The van der Waals surface area contributed by atoms with Gasteiger partial charge in [0.05, 0.1) is 6.61 Å². The van der Waals surface area contributed by atoms with Crippen LogP contribution in [0.2, 0.25) is 0 Å². The number of benzene rings is 1. The lowest BCUT2D eigenvalue weighted by atomic mass is 9.97. The minimum atomic E-state index is -1.53. The smallest absolute Gasteiger partial charge is 0.407 e. The first-order chi connectivity index (χ1) is 14.4. The Morgan fingerprint density at radius 2 is 1.77 bits per heavy atom. The van der Waals surface area contributed by atoms with Crippen LogP contribution in [0.15, 0.2) is 30.3 Å². The number of rotatable bonds is 10. The Balaban J connectivity index is 1.55. The minimum absolute atomic E-state index is 0.147. The molecule has 0 unspecified atom stereocenters. The van der Waals surface area contributed by atoms with Gasteiger partial charge < -0.3 is 40.5 Å². The molecule has 30 heavy (non-hydrogen) atoms. The van der Waals surface area contributed by atoms with Gasteiger partial charge in [-0.2, -0.15) is 0 Å². The third-order valence-electron chi connectivity index (χ3n) is 4.79. The predicted molar refractivity (Wildman–Crippen MR) is 105 cm³/mol.